The zero-order chi connectivity index (χ0) is 28.1. The van der Waals surface area contributed by atoms with E-state index < -0.39 is 0 Å². The van der Waals surface area contributed by atoms with Gasteiger partial charge in [-0.3, -0.25) is 9.69 Å². The molecule has 0 N–H and O–H groups in total. The Hall–Kier alpha value is -4.11. The van der Waals surface area contributed by atoms with Gasteiger partial charge in [-0.1, -0.05) is 24.3 Å². The first-order chi connectivity index (χ1) is 19.5. The quantitative estimate of drug-likeness (QED) is 0.386. The lowest BCUT2D eigenvalue weighted by molar-refractivity contribution is -0.134. The Morgan fingerprint density at radius 1 is 0.950 bits per heavy atom. The molecule has 0 bridgehead atoms. The summed E-state index contributed by atoms with van der Waals surface area (Å²) in [6, 6.07) is 20.0. The molecule has 210 valence electrons. The monoisotopic (exact) mass is 546 g/mol. The van der Waals surface area contributed by atoms with Gasteiger partial charge in [0.25, 0.3) is 5.91 Å². The standard InChI is InChI=1S/C31H35FN4O4/c1-4-40-23-11-9-22(10-12-23)29-20-27(25-14-13-24(38-2)19-30(25)39-3)33-36(29)31(37)21-34-15-17-35(18-16-34)28-8-6-5-7-26(28)32/h5-14,19,29H,4,15-18,20-21H2,1-3H3. The number of para-hydroxylation sites is 1. The first-order valence-corrected chi connectivity index (χ1v) is 13.6. The Bertz CT molecular complexity index is 1360. The fourth-order valence-electron chi connectivity index (χ4n) is 5.27. The summed E-state index contributed by atoms with van der Waals surface area (Å²) in [5.74, 6) is 1.80. The van der Waals surface area contributed by atoms with E-state index in [2.05, 4.69) is 4.90 Å². The molecule has 0 spiro atoms. The van der Waals surface area contributed by atoms with Crippen LogP contribution in [0.3, 0.4) is 0 Å². The number of halogens is 1. The number of nitrogens with zero attached hydrogens (tertiary/aromatic N) is 4. The van der Waals surface area contributed by atoms with Crippen molar-refractivity contribution in [1.82, 2.24) is 9.91 Å². The molecule has 1 amide bonds. The van der Waals surface area contributed by atoms with E-state index in [0.29, 0.717) is 56.4 Å². The van der Waals surface area contributed by atoms with Gasteiger partial charge in [-0.05, 0) is 48.9 Å². The van der Waals surface area contributed by atoms with Crippen LogP contribution in [0.4, 0.5) is 10.1 Å². The molecule has 0 aliphatic carbocycles. The van der Waals surface area contributed by atoms with Crippen LogP contribution in [0.1, 0.15) is 30.5 Å². The van der Waals surface area contributed by atoms with Crippen LogP contribution in [0.5, 0.6) is 17.2 Å². The van der Waals surface area contributed by atoms with E-state index >= 15 is 0 Å². The van der Waals surface area contributed by atoms with Gasteiger partial charge >= 0.3 is 0 Å². The minimum atomic E-state index is -0.260. The number of anilines is 1. The molecule has 1 unspecified atom stereocenters. The van der Waals surface area contributed by atoms with E-state index in [1.165, 1.54) is 6.07 Å². The molecular weight excluding hydrogens is 511 g/mol. The molecule has 40 heavy (non-hydrogen) atoms. The van der Waals surface area contributed by atoms with Gasteiger partial charge in [0, 0.05) is 44.2 Å². The summed E-state index contributed by atoms with van der Waals surface area (Å²) >= 11 is 0. The van der Waals surface area contributed by atoms with Gasteiger partial charge in [0.1, 0.15) is 23.1 Å². The second-order valence-corrected chi connectivity index (χ2v) is 9.79. The molecule has 0 aromatic heterocycles. The van der Waals surface area contributed by atoms with E-state index in [4.69, 9.17) is 19.3 Å². The average Bonchev–Trinajstić information content (AvgIpc) is 3.44. The summed E-state index contributed by atoms with van der Waals surface area (Å²) < 4.78 is 30.9. The van der Waals surface area contributed by atoms with Crippen LogP contribution in [-0.4, -0.2) is 75.1 Å². The Morgan fingerprint density at radius 2 is 1.68 bits per heavy atom. The maximum atomic E-state index is 14.3. The SMILES string of the molecule is CCOc1ccc(C2CC(c3ccc(OC)cc3OC)=NN2C(=O)CN2CCN(c3ccccc3F)CC2)cc1. The molecule has 9 heteroatoms. The highest BCUT2D eigenvalue weighted by Gasteiger charge is 2.35. The van der Waals surface area contributed by atoms with Gasteiger partial charge < -0.3 is 19.1 Å². The van der Waals surface area contributed by atoms with Crippen LogP contribution >= 0.6 is 0 Å². The van der Waals surface area contributed by atoms with Crippen molar-refractivity contribution >= 4 is 17.3 Å². The van der Waals surface area contributed by atoms with Gasteiger partial charge in [0.05, 0.1) is 44.8 Å². The number of piperazine rings is 1. The summed E-state index contributed by atoms with van der Waals surface area (Å²) in [4.78, 5) is 17.9. The van der Waals surface area contributed by atoms with Gasteiger partial charge in [-0.2, -0.15) is 5.10 Å². The van der Waals surface area contributed by atoms with E-state index in [1.54, 1.807) is 31.4 Å². The summed E-state index contributed by atoms with van der Waals surface area (Å²) in [5.41, 5.74) is 3.18. The molecule has 1 atom stereocenters. The largest absolute Gasteiger partial charge is 0.497 e. The van der Waals surface area contributed by atoms with Gasteiger partial charge in [-0.15, -0.1) is 0 Å². The van der Waals surface area contributed by atoms with Crippen molar-refractivity contribution in [3.63, 3.8) is 0 Å². The zero-order valence-corrected chi connectivity index (χ0v) is 23.2. The Balaban J connectivity index is 1.35. The highest BCUT2D eigenvalue weighted by Crippen LogP contribution is 2.37. The van der Waals surface area contributed by atoms with E-state index in [0.717, 1.165) is 22.6 Å². The van der Waals surface area contributed by atoms with Crippen LogP contribution in [-0.2, 0) is 4.79 Å². The Labute approximate surface area is 234 Å². The van der Waals surface area contributed by atoms with Crippen LogP contribution in [0.2, 0.25) is 0 Å². The van der Waals surface area contributed by atoms with Gasteiger partial charge in [-0.25, -0.2) is 9.40 Å². The first-order valence-electron chi connectivity index (χ1n) is 13.6. The molecule has 0 saturated carbocycles. The number of hydrogen-bond acceptors (Lipinski definition) is 7. The maximum absolute atomic E-state index is 14.3. The van der Waals surface area contributed by atoms with Crippen molar-refractivity contribution in [2.24, 2.45) is 5.10 Å². The smallest absolute Gasteiger partial charge is 0.257 e. The number of amides is 1. The highest BCUT2D eigenvalue weighted by molar-refractivity contribution is 6.05. The van der Waals surface area contributed by atoms with Gasteiger partial charge in [0.2, 0.25) is 0 Å². The third-order valence-electron chi connectivity index (χ3n) is 7.39. The number of hydrogen-bond donors (Lipinski definition) is 0. The minimum Gasteiger partial charge on any atom is -0.497 e. The average molecular weight is 547 g/mol. The van der Waals surface area contributed by atoms with Crippen molar-refractivity contribution in [3.05, 3.63) is 83.7 Å². The van der Waals surface area contributed by atoms with Crippen molar-refractivity contribution < 1.29 is 23.4 Å². The number of rotatable bonds is 9. The molecule has 1 fully saturated rings. The molecule has 2 heterocycles. The molecule has 3 aromatic rings. The first kappa shape index (κ1) is 27.5. The third-order valence-corrected chi connectivity index (χ3v) is 7.39. The summed E-state index contributed by atoms with van der Waals surface area (Å²) in [6.45, 7) is 5.37. The molecule has 8 nitrogen and oxygen atoms in total. The summed E-state index contributed by atoms with van der Waals surface area (Å²) in [7, 11) is 3.22. The van der Waals surface area contributed by atoms with E-state index in [1.807, 2.05) is 60.4 Å². The molecular formula is C31H35FN4O4. The minimum absolute atomic E-state index is 0.0827. The fraction of sp³-hybridized carbons (Fsp3) is 0.355. The predicted octanol–water partition coefficient (Wildman–Crippen LogP) is 4.74. The predicted molar refractivity (Wildman–Crippen MR) is 153 cm³/mol. The third kappa shape index (κ3) is 5.89. The maximum Gasteiger partial charge on any atom is 0.257 e. The lowest BCUT2D eigenvalue weighted by Gasteiger charge is -2.36. The van der Waals surface area contributed by atoms with Crippen LogP contribution in [0.25, 0.3) is 0 Å². The van der Waals surface area contributed by atoms with Gasteiger partial charge in [0.15, 0.2) is 0 Å². The molecule has 2 aliphatic heterocycles. The van der Waals surface area contributed by atoms with Crippen molar-refractivity contribution in [2.75, 3.05) is 58.5 Å². The number of carbonyl (C=O) groups is 1. The van der Waals surface area contributed by atoms with Crippen LogP contribution in [0.15, 0.2) is 71.8 Å². The Morgan fingerprint density at radius 3 is 2.35 bits per heavy atom. The molecule has 0 radical (unpaired) electrons. The molecule has 5 rings (SSSR count). The summed E-state index contributed by atoms with van der Waals surface area (Å²) in [6.07, 6.45) is 0.545. The second kappa shape index (κ2) is 12.4. The number of carbonyl (C=O) groups excluding carboxylic acids is 1. The van der Waals surface area contributed by atoms with Crippen LogP contribution in [0, 0.1) is 5.82 Å². The van der Waals surface area contributed by atoms with Crippen molar-refractivity contribution in [3.8, 4) is 17.2 Å². The molecule has 3 aromatic carbocycles. The number of methoxy groups -OCH3 is 2. The number of hydrazone groups is 1. The lowest BCUT2D eigenvalue weighted by Crippen LogP contribution is -2.49. The van der Waals surface area contributed by atoms with Crippen molar-refractivity contribution in [1.29, 1.82) is 0 Å². The van der Waals surface area contributed by atoms with Crippen molar-refractivity contribution in [2.45, 2.75) is 19.4 Å². The van der Waals surface area contributed by atoms with E-state index in [-0.39, 0.29) is 24.3 Å². The number of benzene rings is 3. The molecule has 1 saturated heterocycles. The zero-order valence-electron chi connectivity index (χ0n) is 23.2. The van der Waals surface area contributed by atoms with E-state index in [9.17, 15) is 9.18 Å². The number of ether oxygens (including phenoxy) is 3. The summed E-state index contributed by atoms with van der Waals surface area (Å²) in [5, 5.41) is 6.45. The molecule has 2 aliphatic rings. The lowest BCUT2D eigenvalue weighted by atomic mass is 9.97. The second-order valence-electron chi connectivity index (χ2n) is 9.79. The Kier molecular flexibility index (Phi) is 8.50. The topological polar surface area (TPSA) is 66.8 Å². The highest BCUT2D eigenvalue weighted by atomic mass is 19.1. The fourth-order valence-corrected chi connectivity index (χ4v) is 5.27. The normalized spacial score (nSPS) is 17.5. The van der Waals surface area contributed by atoms with Crippen LogP contribution < -0.4 is 19.1 Å².